The van der Waals surface area contributed by atoms with E-state index in [9.17, 15) is 0 Å². The molecule has 1 aliphatic rings. The molecule has 5 rings (SSSR count). The molecule has 2 heterocycles. The quantitative estimate of drug-likeness (QED) is 0.259. The fourth-order valence-corrected chi connectivity index (χ4v) is 4.54. The zero-order chi connectivity index (χ0) is 23.3. The number of hydrogen-bond donors (Lipinski definition) is 0. The van der Waals surface area contributed by atoms with Crippen molar-refractivity contribution in [1.29, 1.82) is 0 Å². The Bertz CT molecular complexity index is 1280. The second-order valence-electron chi connectivity index (χ2n) is 8.08. The highest BCUT2D eigenvalue weighted by atomic mass is 35.5. The van der Waals surface area contributed by atoms with Gasteiger partial charge in [0.2, 0.25) is 0 Å². The van der Waals surface area contributed by atoms with Crippen molar-refractivity contribution in [3.8, 4) is 11.4 Å². The number of aliphatic imine (C=N–C) groups is 1. The van der Waals surface area contributed by atoms with E-state index in [-0.39, 0.29) is 6.61 Å². The van der Waals surface area contributed by atoms with Crippen LogP contribution in [-0.4, -0.2) is 29.1 Å². The van der Waals surface area contributed by atoms with Gasteiger partial charge in [0.15, 0.2) is 0 Å². The number of para-hydroxylation sites is 2. The second-order valence-corrected chi connectivity index (χ2v) is 8.93. The van der Waals surface area contributed by atoms with Crippen molar-refractivity contribution in [2.75, 3.05) is 18.0 Å². The van der Waals surface area contributed by atoms with Crippen LogP contribution in [0.15, 0.2) is 83.9 Å². The lowest BCUT2D eigenvalue weighted by atomic mass is 10.2. The molecule has 0 unspecified atom stereocenters. The summed E-state index contributed by atoms with van der Waals surface area (Å²) < 4.78 is 8.09. The van der Waals surface area contributed by atoms with E-state index in [0.29, 0.717) is 15.8 Å². The van der Waals surface area contributed by atoms with Crippen LogP contribution in [-0.2, 0) is 6.61 Å². The number of halogens is 2. The van der Waals surface area contributed by atoms with Crippen molar-refractivity contribution in [2.45, 2.75) is 19.4 Å². The van der Waals surface area contributed by atoms with Crippen molar-refractivity contribution in [3.63, 3.8) is 0 Å². The van der Waals surface area contributed by atoms with Gasteiger partial charge in [-0.25, -0.2) is 4.68 Å². The van der Waals surface area contributed by atoms with E-state index in [4.69, 9.17) is 38.0 Å². The fraction of sp³-hybridized carbons (Fsp3) is 0.185. The van der Waals surface area contributed by atoms with Gasteiger partial charge in [0.25, 0.3) is 0 Å². The van der Waals surface area contributed by atoms with E-state index >= 15 is 0 Å². The molecule has 1 saturated heterocycles. The van der Waals surface area contributed by atoms with E-state index in [1.54, 1.807) is 18.2 Å². The summed E-state index contributed by atoms with van der Waals surface area (Å²) in [6.07, 6.45) is 4.21. The number of ether oxygens (including phenoxy) is 1. The molecule has 1 fully saturated rings. The van der Waals surface area contributed by atoms with Gasteiger partial charge in [-0.3, -0.25) is 4.99 Å². The normalized spacial score (nSPS) is 13.6. The molecule has 7 heteroatoms. The third-order valence-corrected chi connectivity index (χ3v) is 6.27. The molecule has 0 saturated carbocycles. The molecular formula is C27H24Cl2N4O. The highest BCUT2D eigenvalue weighted by Crippen LogP contribution is 2.32. The summed E-state index contributed by atoms with van der Waals surface area (Å²) in [6, 6.07) is 25.3. The maximum Gasteiger partial charge on any atom is 0.141 e. The molecule has 1 aromatic heterocycles. The predicted octanol–water partition coefficient (Wildman–Crippen LogP) is 7.11. The van der Waals surface area contributed by atoms with Crippen LogP contribution >= 0.6 is 23.2 Å². The van der Waals surface area contributed by atoms with Crippen LogP contribution in [0.4, 0.5) is 11.5 Å². The van der Waals surface area contributed by atoms with Gasteiger partial charge in [-0.05, 0) is 55.3 Å². The average Bonchev–Trinajstić information content (AvgIpc) is 3.51. The standard InChI is InChI=1S/C27H24Cl2N4O/c28-20-13-14-26(24(29)17-20)34-19-25-23(18-30-21-9-3-1-4-10-21)27(32-15-7-8-16-32)33(31-25)22-11-5-2-6-12-22/h1-6,9-14,17-18H,7-8,15-16,19H2. The highest BCUT2D eigenvalue weighted by molar-refractivity contribution is 6.35. The van der Waals surface area contributed by atoms with Crippen molar-refractivity contribution in [1.82, 2.24) is 9.78 Å². The lowest BCUT2D eigenvalue weighted by molar-refractivity contribution is 0.300. The van der Waals surface area contributed by atoms with Crippen LogP contribution in [0.3, 0.4) is 0 Å². The number of benzene rings is 3. The Morgan fingerprint density at radius 1 is 0.912 bits per heavy atom. The zero-order valence-corrected chi connectivity index (χ0v) is 20.1. The first kappa shape index (κ1) is 22.5. The van der Waals surface area contributed by atoms with Gasteiger partial charge in [-0.1, -0.05) is 59.6 Å². The lowest BCUT2D eigenvalue weighted by Gasteiger charge is -2.20. The number of rotatable bonds is 7. The van der Waals surface area contributed by atoms with Crippen molar-refractivity contribution < 1.29 is 4.74 Å². The molecule has 1 aliphatic heterocycles. The smallest absolute Gasteiger partial charge is 0.141 e. The molecule has 0 atom stereocenters. The zero-order valence-electron chi connectivity index (χ0n) is 18.6. The van der Waals surface area contributed by atoms with E-state index in [1.165, 1.54) is 0 Å². The van der Waals surface area contributed by atoms with Crippen molar-refractivity contribution in [3.05, 3.63) is 100 Å². The third kappa shape index (κ3) is 4.96. The summed E-state index contributed by atoms with van der Waals surface area (Å²) in [6.45, 7) is 2.21. The van der Waals surface area contributed by atoms with Crippen LogP contribution in [0.1, 0.15) is 24.1 Å². The minimum Gasteiger partial charge on any atom is -0.486 e. The molecule has 4 aromatic rings. The van der Waals surface area contributed by atoms with Gasteiger partial charge in [-0.15, -0.1) is 0 Å². The van der Waals surface area contributed by atoms with Gasteiger partial charge in [0, 0.05) is 24.3 Å². The molecule has 3 aromatic carbocycles. The minimum absolute atomic E-state index is 0.248. The molecule has 0 aliphatic carbocycles. The third-order valence-electron chi connectivity index (χ3n) is 5.74. The van der Waals surface area contributed by atoms with Gasteiger partial charge >= 0.3 is 0 Å². The van der Waals surface area contributed by atoms with Crippen LogP contribution in [0.2, 0.25) is 10.0 Å². The Kier molecular flexibility index (Phi) is 6.84. The molecule has 0 radical (unpaired) electrons. The first-order valence-corrected chi connectivity index (χ1v) is 12.0. The van der Waals surface area contributed by atoms with Gasteiger partial charge in [-0.2, -0.15) is 5.10 Å². The summed E-state index contributed by atoms with van der Waals surface area (Å²) in [5.41, 5.74) is 3.61. The van der Waals surface area contributed by atoms with Crippen LogP contribution < -0.4 is 9.64 Å². The molecule has 5 nitrogen and oxygen atoms in total. The summed E-state index contributed by atoms with van der Waals surface area (Å²) in [4.78, 5) is 7.14. The number of aromatic nitrogens is 2. The molecular weight excluding hydrogens is 467 g/mol. The molecule has 0 N–H and O–H groups in total. The molecule has 0 amide bonds. The van der Waals surface area contributed by atoms with Crippen molar-refractivity contribution >= 4 is 40.9 Å². The summed E-state index contributed by atoms with van der Waals surface area (Å²) in [5, 5.41) is 6.02. The fourth-order valence-electron chi connectivity index (χ4n) is 4.08. The molecule has 0 bridgehead atoms. The Morgan fingerprint density at radius 3 is 2.32 bits per heavy atom. The maximum absolute atomic E-state index is 6.34. The first-order chi connectivity index (χ1) is 16.7. The molecule has 34 heavy (non-hydrogen) atoms. The Balaban J connectivity index is 1.58. The Labute approximate surface area is 209 Å². The second kappa shape index (κ2) is 10.3. The largest absolute Gasteiger partial charge is 0.486 e. The summed E-state index contributed by atoms with van der Waals surface area (Å²) >= 11 is 12.4. The maximum atomic E-state index is 6.34. The highest BCUT2D eigenvalue weighted by Gasteiger charge is 2.25. The number of anilines is 1. The predicted molar refractivity (Wildman–Crippen MR) is 140 cm³/mol. The number of hydrogen-bond acceptors (Lipinski definition) is 4. The van der Waals surface area contributed by atoms with Crippen molar-refractivity contribution in [2.24, 2.45) is 4.99 Å². The Morgan fingerprint density at radius 2 is 1.62 bits per heavy atom. The minimum atomic E-state index is 0.248. The number of nitrogens with zero attached hydrogens (tertiary/aromatic N) is 4. The molecule has 172 valence electrons. The SMILES string of the molecule is Clc1ccc(OCc2nn(-c3ccccc3)c(N3CCCC3)c2C=Nc2ccccc2)c(Cl)c1. The summed E-state index contributed by atoms with van der Waals surface area (Å²) in [5.74, 6) is 1.60. The Hall–Kier alpha value is -3.28. The lowest BCUT2D eigenvalue weighted by Crippen LogP contribution is -2.22. The molecule has 0 spiro atoms. The average molecular weight is 491 g/mol. The van der Waals surface area contributed by atoms with Crippen LogP contribution in [0, 0.1) is 0 Å². The van der Waals surface area contributed by atoms with E-state index in [2.05, 4.69) is 17.0 Å². The van der Waals surface area contributed by atoms with E-state index in [1.807, 2.05) is 59.4 Å². The van der Waals surface area contributed by atoms with Crippen LogP contribution in [0.25, 0.3) is 5.69 Å². The summed E-state index contributed by atoms with van der Waals surface area (Å²) in [7, 11) is 0. The van der Waals surface area contributed by atoms with E-state index in [0.717, 1.165) is 54.4 Å². The van der Waals surface area contributed by atoms with E-state index < -0.39 is 0 Å². The van der Waals surface area contributed by atoms with Crippen LogP contribution in [0.5, 0.6) is 5.75 Å². The topological polar surface area (TPSA) is 42.6 Å². The first-order valence-electron chi connectivity index (χ1n) is 11.3. The monoisotopic (exact) mass is 490 g/mol. The van der Waals surface area contributed by atoms with Gasteiger partial charge in [0.05, 0.1) is 22.0 Å². The van der Waals surface area contributed by atoms with Gasteiger partial charge in [0.1, 0.15) is 23.9 Å². The van der Waals surface area contributed by atoms with Gasteiger partial charge < -0.3 is 9.64 Å².